The Morgan fingerprint density at radius 2 is 1.96 bits per heavy atom. The molecule has 2 aliphatic carbocycles. The van der Waals surface area contributed by atoms with E-state index in [1.54, 1.807) is 19.1 Å². The smallest absolute Gasteiger partial charge is 0.336 e. The van der Waals surface area contributed by atoms with Crippen LogP contribution in [0.1, 0.15) is 38.7 Å². The number of hydrogen-bond donors (Lipinski definition) is 1. The first-order valence-corrected chi connectivity index (χ1v) is 8.82. The maximum atomic E-state index is 13.1. The van der Waals surface area contributed by atoms with Crippen LogP contribution < -0.4 is 0 Å². The second-order valence-corrected chi connectivity index (χ2v) is 6.86. The van der Waals surface area contributed by atoms with Crippen LogP contribution in [0.15, 0.2) is 53.6 Å². The number of ether oxygens (including phenoxy) is 1. The maximum absolute atomic E-state index is 13.1. The molecule has 0 unspecified atom stereocenters. The van der Waals surface area contributed by atoms with Gasteiger partial charge in [-0.25, -0.2) is 4.79 Å². The van der Waals surface area contributed by atoms with Crippen LogP contribution in [0, 0.1) is 5.41 Å². The van der Waals surface area contributed by atoms with Gasteiger partial charge < -0.3 is 9.84 Å². The fraction of sp³-hybridized carbons (Fsp3) is 0.429. The van der Waals surface area contributed by atoms with Gasteiger partial charge in [-0.2, -0.15) is 0 Å². The van der Waals surface area contributed by atoms with Crippen LogP contribution in [0.4, 0.5) is 0 Å². The van der Waals surface area contributed by atoms with Gasteiger partial charge in [0, 0.05) is 6.42 Å². The Hall–Kier alpha value is -2.20. The highest BCUT2D eigenvalue weighted by molar-refractivity contribution is 5.99. The van der Waals surface area contributed by atoms with E-state index in [-0.39, 0.29) is 18.0 Å². The molecule has 0 radical (unpaired) electrons. The number of hydrogen-bond acceptors (Lipinski definition) is 4. The highest BCUT2D eigenvalue weighted by Gasteiger charge is 2.62. The highest BCUT2D eigenvalue weighted by Crippen LogP contribution is 2.54. The summed E-state index contributed by atoms with van der Waals surface area (Å²) < 4.78 is 5.15. The third-order valence-corrected chi connectivity index (χ3v) is 5.55. The van der Waals surface area contributed by atoms with E-state index in [0.29, 0.717) is 25.7 Å². The van der Waals surface area contributed by atoms with Gasteiger partial charge >= 0.3 is 5.97 Å². The first-order valence-electron chi connectivity index (χ1n) is 8.82. The summed E-state index contributed by atoms with van der Waals surface area (Å²) in [5.41, 5.74) is -0.665. The summed E-state index contributed by atoms with van der Waals surface area (Å²) in [5, 5.41) is 11.7. The molecule has 0 amide bonds. The number of aliphatic hydroxyl groups is 1. The van der Waals surface area contributed by atoms with Crippen LogP contribution in [0.5, 0.6) is 0 Å². The molecule has 2 aliphatic rings. The predicted molar refractivity (Wildman–Crippen MR) is 94.9 cm³/mol. The lowest BCUT2D eigenvalue weighted by atomic mass is 9.52. The summed E-state index contributed by atoms with van der Waals surface area (Å²) in [5.74, 6) is -0.547. The van der Waals surface area contributed by atoms with Crippen LogP contribution in [0.25, 0.3) is 0 Å². The van der Waals surface area contributed by atoms with E-state index in [9.17, 15) is 14.7 Å². The van der Waals surface area contributed by atoms with Crippen molar-refractivity contribution in [3.63, 3.8) is 0 Å². The van der Waals surface area contributed by atoms with Gasteiger partial charge in [-0.05, 0) is 44.7 Å². The van der Waals surface area contributed by atoms with Crippen molar-refractivity contribution in [1.29, 1.82) is 0 Å². The number of ketones is 1. The second kappa shape index (κ2) is 6.60. The van der Waals surface area contributed by atoms with Gasteiger partial charge in [-0.1, -0.05) is 42.0 Å². The number of rotatable bonds is 4. The lowest BCUT2D eigenvalue weighted by molar-refractivity contribution is -0.153. The van der Waals surface area contributed by atoms with Crippen molar-refractivity contribution >= 4 is 11.8 Å². The Kier molecular flexibility index (Phi) is 4.65. The standard InChI is InChI=1S/C21H24O4/c1-3-25-19(23)17-12-11-15(2)20(14-16-8-5-4-6-9-16)18(22)10-7-13-21(17,20)24/h4-6,8-9,11-12,24H,3,7,10,13-14H2,1-2H3/t20-,21+/m1/s1. The summed E-state index contributed by atoms with van der Waals surface area (Å²) in [7, 11) is 0. The molecule has 1 fully saturated rings. The molecule has 0 heterocycles. The average molecular weight is 340 g/mol. The Morgan fingerprint density at radius 1 is 1.24 bits per heavy atom. The zero-order valence-corrected chi connectivity index (χ0v) is 14.7. The summed E-state index contributed by atoms with van der Waals surface area (Å²) in [6, 6.07) is 9.66. The molecule has 2 atom stereocenters. The molecule has 1 aromatic carbocycles. The van der Waals surface area contributed by atoms with Crippen LogP contribution in [-0.4, -0.2) is 29.1 Å². The second-order valence-electron chi connectivity index (χ2n) is 6.86. The molecule has 1 saturated carbocycles. The summed E-state index contributed by atoms with van der Waals surface area (Å²) in [4.78, 5) is 25.6. The summed E-state index contributed by atoms with van der Waals surface area (Å²) in [6.45, 7) is 3.83. The monoisotopic (exact) mass is 340 g/mol. The molecule has 25 heavy (non-hydrogen) atoms. The molecular formula is C21H24O4. The van der Waals surface area contributed by atoms with E-state index in [4.69, 9.17) is 4.74 Å². The number of fused-ring (bicyclic) bond motifs is 1. The van der Waals surface area contributed by atoms with E-state index < -0.39 is 17.0 Å². The fourth-order valence-electron chi connectivity index (χ4n) is 4.29. The molecule has 0 bridgehead atoms. The van der Waals surface area contributed by atoms with E-state index in [1.807, 2.05) is 37.3 Å². The molecule has 0 aromatic heterocycles. The molecular weight excluding hydrogens is 316 g/mol. The predicted octanol–water partition coefficient (Wildman–Crippen LogP) is 3.15. The first-order chi connectivity index (χ1) is 12.0. The van der Waals surface area contributed by atoms with Gasteiger partial charge in [-0.15, -0.1) is 0 Å². The molecule has 0 saturated heterocycles. The summed E-state index contributed by atoms with van der Waals surface area (Å²) >= 11 is 0. The van der Waals surface area contributed by atoms with Gasteiger partial charge in [-0.3, -0.25) is 4.79 Å². The molecule has 0 spiro atoms. The number of allylic oxidation sites excluding steroid dienone is 2. The van der Waals surface area contributed by atoms with Crippen molar-refractivity contribution in [3.8, 4) is 0 Å². The van der Waals surface area contributed by atoms with Gasteiger partial charge in [0.05, 0.1) is 17.6 Å². The van der Waals surface area contributed by atoms with Crippen LogP contribution in [0.3, 0.4) is 0 Å². The minimum atomic E-state index is -1.52. The Balaban J connectivity index is 2.14. The SMILES string of the molecule is CCOC(=O)C1=CC=C(C)[C@]2(Cc3ccccc3)C(=O)CCC[C@]12O. The van der Waals surface area contributed by atoms with Crippen molar-refractivity contribution in [3.05, 3.63) is 59.2 Å². The molecule has 1 aromatic rings. The van der Waals surface area contributed by atoms with E-state index in [0.717, 1.165) is 11.1 Å². The maximum Gasteiger partial charge on any atom is 0.336 e. The number of esters is 1. The zero-order valence-electron chi connectivity index (χ0n) is 14.7. The van der Waals surface area contributed by atoms with Crippen molar-refractivity contribution in [2.24, 2.45) is 5.41 Å². The normalized spacial score (nSPS) is 28.7. The zero-order chi connectivity index (χ0) is 18.1. The Morgan fingerprint density at radius 3 is 2.64 bits per heavy atom. The van der Waals surface area contributed by atoms with Gasteiger partial charge in [0.15, 0.2) is 0 Å². The van der Waals surface area contributed by atoms with Crippen LogP contribution >= 0.6 is 0 Å². The quantitative estimate of drug-likeness (QED) is 0.855. The average Bonchev–Trinajstić information content (AvgIpc) is 2.59. The van der Waals surface area contributed by atoms with Crippen LogP contribution in [0.2, 0.25) is 0 Å². The Bertz CT molecular complexity index is 746. The molecule has 0 aliphatic heterocycles. The van der Waals surface area contributed by atoms with Crippen molar-refractivity contribution < 1.29 is 19.4 Å². The number of carbonyl (C=O) groups is 2. The topological polar surface area (TPSA) is 63.6 Å². The lowest BCUT2D eigenvalue weighted by Crippen LogP contribution is -2.61. The highest BCUT2D eigenvalue weighted by atomic mass is 16.5. The van der Waals surface area contributed by atoms with Crippen molar-refractivity contribution in [2.45, 2.75) is 45.1 Å². The first kappa shape index (κ1) is 17.6. The van der Waals surface area contributed by atoms with Gasteiger partial charge in [0.1, 0.15) is 11.4 Å². The summed E-state index contributed by atoms with van der Waals surface area (Å²) in [6.07, 6.45) is 5.14. The van der Waals surface area contributed by atoms with Gasteiger partial charge in [0.2, 0.25) is 0 Å². The fourth-order valence-corrected chi connectivity index (χ4v) is 4.29. The third kappa shape index (κ3) is 2.65. The number of Topliss-reactive ketones (excluding diaryl/α,β-unsaturated/α-hetero) is 1. The molecule has 4 heteroatoms. The molecule has 3 rings (SSSR count). The van der Waals surface area contributed by atoms with Crippen molar-refractivity contribution in [2.75, 3.05) is 6.61 Å². The largest absolute Gasteiger partial charge is 0.463 e. The minimum Gasteiger partial charge on any atom is -0.463 e. The minimum absolute atomic E-state index is 0.00579. The van der Waals surface area contributed by atoms with Crippen LogP contribution in [-0.2, 0) is 20.7 Å². The Labute approximate surface area is 148 Å². The third-order valence-electron chi connectivity index (χ3n) is 5.55. The van der Waals surface area contributed by atoms with E-state index in [1.165, 1.54) is 0 Å². The lowest BCUT2D eigenvalue weighted by Gasteiger charge is -2.52. The van der Waals surface area contributed by atoms with Crippen molar-refractivity contribution in [1.82, 2.24) is 0 Å². The van der Waals surface area contributed by atoms with E-state index >= 15 is 0 Å². The van der Waals surface area contributed by atoms with Gasteiger partial charge in [0.25, 0.3) is 0 Å². The molecule has 1 N–H and O–H groups in total. The molecule has 132 valence electrons. The van der Waals surface area contributed by atoms with E-state index in [2.05, 4.69) is 0 Å². The molecule has 4 nitrogen and oxygen atoms in total. The number of carbonyl (C=O) groups excluding carboxylic acids is 2. The number of benzene rings is 1.